The minimum Gasteiger partial charge on any atom is -0.494 e. The Morgan fingerprint density at radius 3 is 2.56 bits per heavy atom. The first kappa shape index (κ1) is 27.7. The van der Waals surface area contributed by atoms with Gasteiger partial charge in [-0.05, 0) is 43.7 Å². The van der Waals surface area contributed by atoms with E-state index >= 15 is 0 Å². The number of aromatic nitrogens is 5. The van der Waals surface area contributed by atoms with Crippen LogP contribution in [0.4, 0.5) is 17.6 Å². The standard InChI is InChI=1S/C28H24F4N6O3/c1-3-11-40-16-9-10-17(19(12-16)28(30,31)32)21-13-24(41-37-21)25(27(39)33-4-2)38-15-23-22(14-34-38)35-26(36-23)18-7-5-6-8-20(18)29/h5-10,12-15,25H,3-4,11H2,1-2H3,(H,33,39). The molecule has 0 saturated carbocycles. The van der Waals surface area contributed by atoms with E-state index in [-0.39, 0.29) is 47.3 Å². The van der Waals surface area contributed by atoms with Crippen molar-refractivity contribution in [3.05, 3.63) is 78.1 Å². The molecule has 0 saturated heterocycles. The Labute approximate surface area is 231 Å². The van der Waals surface area contributed by atoms with Crippen LogP contribution in [0.25, 0.3) is 34.0 Å². The molecule has 1 atom stereocenters. The number of rotatable bonds is 9. The molecule has 1 N–H and O–H groups in total. The number of amides is 1. The van der Waals surface area contributed by atoms with Crippen LogP contribution in [-0.4, -0.2) is 44.0 Å². The summed E-state index contributed by atoms with van der Waals surface area (Å²) in [6.45, 7) is 4.09. The van der Waals surface area contributed by atoms with Crippen molar-refractivity contribution in [1.29, 1.82) is 0 Å². The summed E-state index contributed by atoms with van der Waals surface area (Å²) in [5, 5.41) is 10.8. The van der Waals surface area contributed by atoms with Crippen LogP contribution in [0.2, 0.25) is 0 Å². The van der Waals surface area contributed by atoms with Gasteiger partial charge in [-0.25, -0.2) is 14.4 Å². The number of nitrogens with one attached hydrogen (secondary N) is 1. The van der Waals surface area contributed by atoms with Crippen molar-refractivity contribution >= 4 is 5.91 Å². The summed E-state index contributed by atoms with van der Waals surface area (Å²) < 4.78 is 68.2. The van der Waals surface area contributed by atoms with Crippen LogP contribution in [0.15, 0.2) is 65.4 Å². The van der Waals surface area contributed by atoms with Crippen LogP contribution in [0.5, 0.6) is 5.75 Å². The lowest BCUT2D eigenvalue weighted by Gasteiger charge is -2.16. The number of likely N-dealkylation sites (N-methyl/N-ethyl adjacent to an activating group) is 1. The van der Waals surface area contributed by atoms with Gasteiger partial charge in [0.15, 0.2) is 17.6 Å². The van der Waals surface area contributed by atoms with Gasteiger partial charge >= 0.3 is 6.18 Å². The molecule has 2 aliphatic rings. The summed E-state index contributed by atoms with van der Waals surface area (Å²) in [7, 11) is 0. The monoisotopic (exact) mass is 568 g/mol. The van der Waals surface area contributed by atoms with Crippen molar-refractivity contribution in [3.8, 4) is 39.8 Å². The number of nitrogens with zero attached hydrogens (tertiary/aromatic N) is 5. The van der Waals surface area contributed by atoms with Gasteiger partial charge in [-0.1, -0.05) is 24.2 Å². The Morgan fingerprint density at radius 2 is 1.83 bits per heavy atom. The van der Waals surface area contributed by atoms with E-state index < -0.39 is 29.5 Å². The van der Waals surface area contributed by atoms with Crippen molar-refractivity contribution in [2.45, 2.75) is 32.5 Å². The Balaban J connectivity index is 1.54. The second kappa shape index (κ2) is 11.4. The normalized spacial score (nSPS) is 12.4. The van der Waals surface area contributed by atoms with E-state index in [2.05, 4.69) is 25.5 Å². The number of benzene rings is 2. The number of imidazole rings is 1. The third-order valence-corrected chi connectivity index (χ3v) is 6.10. The van der Waals surface area contributed by atoms with Gasteiger partial charge in [0.1, 0.15) is 28.6 Å². The fourth-order valence-electron chi connectivity index (χ4n) is 4.23. The van der Waals surface area contributed by atoms with Gasteiger partial charge in [-0.3, -0.25) is 9.48 Å². The molecule has 9 nitrogen and oxygen atoms in total. The Morgan fingerprint density at radius 1 is 1.05 bits per heavy atom. The minimum absolute atomic E-state index is 0.0592. The number of fused-ring (bicyclic) bond motifs is 1. The fraction of sp³-hybridized carbons (Fsp3) is 0.250. The molecule has 3 heterocycles. The average molecular weight is 569 g/mol. The highest BCUT2D eigenvalue weighted by Gasteiger charge is 2.36. The van der Waals surface area contributed by atoms with Crippen LogP contribution in [0, 0.1) is 5.82 Å². The van der Waals surface area contributed by atoms with E-state index in [1.54, 1.807) is 19.1 Å². The highest BCUT2D eigenvalue weighted by atomic mass is 19.4. The zero-order valence-corrected chi connectivity index (χ0v) is 21.9. The zero-order chi connectivity index (χ0) is 29.1. The number of hydrogen-bond acceptors (Lipinski definition) is 7. The molecule has 13 heteroatoms. The van der Waals surface area contributed by atoms with Gasteiger partial charge in [-0.15, -0.1) is 0 Å². The fourth-order valence-corrected chi connectivity index (χ4v) is 4.23. The molecule has 0 aliphatic carbocycles. The summed E-state index contributed by atoms with van der Waals surface area (Å²) in [6.07, 6.45) is -1.29. The van der Waals surface area contributed by atoms with Gasteiger partial charge in [0, 0.05) is 18.2 Å². The average Bonchev–Trinajstić information content (AvgIpc) is 3.59. The van der Waals surface area contributed by atoms with Gasteiger partial charge in [0.25, 0.3) is 5.91 Å². The van der Waals surface area contributed by atoms with Crippen molar-refractivity contribution < 1.29 is 31.6 Å². The largest absolute Gasteiger partial charge is 0.494 e. The number of alkyl halides is 3. The molecule has 5 rings (SSSR count). The molecular formula is C28H24F4N6O3. The van der Waals surface area contributed by atoms with E-state index in [9.17, 15) is 22.4 Å². The summed E-state index contributed by atoms with van der Waals surface area (Å²) in [4.78, 5) is 21.8. The number of carbonyl (C=O) groups is 1. The molecule has 0 bridgehead atoms. The Kier molecular flexibility index (Phi) is 7.68. The Bertz CT molecular complexity index is 1650. The predicted octanol–water partition coefficient (Wildman–Crippen LogP) is 5.77. The van der Waals surface area contributed by atoms with Gasteiger partial charge < -0.3 is 14.6 Å². The molecule has 1 unspecified atom stereocenters. The van der Waals surface area contributed by atoms with E-state index in [0.717, 1.165) is 6.07 Å². The number of hydrogen-bond donors (Lipinski definition) is 1. The van der Waals surface area contributed by atoms with Crippen molar-refractivity contribution in [1.82, 2.24) is 30.2 Å². The van der Waals surface area contributed by atoms with Gasteiger partial charge in [0.2, 0.25) is 0 Å². The van der Waals surface area contributed by atoms with Crippen LogP contribution in [0.3, 0.4) is 0 Å². The van der Waals surface area contributed by atoms with Gasteiger partial charge in [0.05, 0.1) is 30.1 Å². The topological polar surface area (TPSA) is 108 Å². The first-order valence-electron chi connectivity index (χ1n) is 12.7. The summed E-state index contributed by atoms with van der Waals surface area (Å²) in [5.74, 6) is -0.886. The van der Waals surface area contributed by atoms with Crippen LogP contribution in [0.1, 0.15) is 37.6 Å². The van der Waals surface area contributed by atoms with Crippen LogP contribution < -0.4 is 10.1 Å². The Hall–Kier alpha value is -4.81. The molecule has 0 spiro atoms. The first-order valence-corrected chi connectivity index (χ1v) is 12.7. The van der Waals surface area contributed by atoms with Crippen molar-refractivity contribution in [2.24, 2.45) is 0 Å². The molecule has 2 aliphatic heterocycles. The summed E-state index contributed by atoms with van der Waals surface area (Å²) >= 11 is 0. The molecule has 0 fully saturated rings. The second-order valence-electron chi connectivity index (χ2n) is 9.02. The third kappa shape index (κ3) is 5.74. The predicted molar refractivity (Wildman–Crippen MR) is 139 cm³/mol. The van der Waals surface area contributed by atoms with Crippen LogP contribution in [-0.2, 0) is 11.0 Å². The SMILES string of the molecule is CCCOc1ccc(-c2cc(C(C(=O)NCC)n3cc4nc(-c5ccccc5F)nc-4cn3)on2)c(C(F)(F)F)c1. The maximum atomic E-state index is 14.3. The lowest BCUT2D eigenvalue weighted by Crippen LogP contribution is -2.33. The maximum Gasteiger partial charge on any atom is 0.417 e. The summed E-state index contributed by atoms with van der Waals surface area (Å²) in [6, 6.07) is 9.62. The molecule has 1 amide bonds. The lowest BCUT2D eigenvalue weighted by molar-refractivity contribution is -0.137. The smallest absolute Gasteiger partial charge is 0.417 e. The zero-order valence-electron chi connectivity index (χ0n) is 21.9. The molecule has 0 radical (unpaired) electrons. The molecule has 3 aromatic rings. The van der Waals surface area contributed by atoms with E-state index in [1.807, 2.05) is 6.92 Å². The van der Waals surface area contributed by atoms with Crippen molar-refractivity contribution in [2.75, 3.05) is 13.2 Å². The van der Waals surface area contributed by atoms with Crippen molar-refractivity contribution in [3.63, 3.8) is 0 Å². The second-order valence-corrected chi connectivity index (χ2v) is 9.02. The summed E-state index contributed by atoms with van der Waals surface area (Å²) in [5.41, 5.74) is -0.458. The number of ether oxygens (including phenoxy) is 1. The molecule has 41 heavy (non-hydrogen) atoms. The highest BCUT2D eigenvalue weighted by molar-refractivity contribution is 5.83. The highest BCUT2D eigenvalue weighted by Crippen LogP contribution is 2.39. The lowest BCUT2D eigenvalue weighted by atomic mass is 10.0. The van der Waals surface area contributed by atoms with Gasteiger partial charge in [-0.2, -0.15) is 18.3 Å². The number of halogens is 4. The quantitative estimate of drug-likeness (QED) is 0.225. The third-order valence-electron chi connectivity index (χ3n) is 6.10. The van der Waals surface area contributed by atoms with E-state index in [0.29, 0.717) is 17.8 Å². The van der Waals surface area contributed by atoms with E-state index in [1.165, 1.54) is 47.4 Å². The molecular weight excluding hydrogens is 544 g/mol. The number of carbonyl (C=O) groups excluding carboxylic acids is 1. The van der Waals surface area contributed by atoms with E-state index in [4.69, 9.17) is 9.26 Å². The molecule has 1 aromatic heterocycles. The minimum atomic E-state index is -4.70. The first-order chi connectivity index (χ1) is 19.7. The molecule has 212 valence electrons. The van der Waals surface area contributed by atoms with Crippen LogP contribution >= 0.6 is 0 Å². The molecule has 2 aromatic carbocycles. The maximum absolute atomic E-state index is 14.3.